The van der Waals surface area contributed by atoms with Crippen LogP contribution in [-0.4, -0.2) is 22.7 Å². The van der Waals surface area contributed by atoms with Gasteiger partial charge in [-0.05, 0) is 42.4 Å². The first-order valence-electron chi connectivity index (χ1n) is 7.92. The number of hydrogen-bond donors (Lipinski definition) is 2. The van der Waals surface area contributed by atoms with Gasteiger partial charge >= 0.3 is 0 Å². The second-order valence-electron chi connectivity index (χ2n) is 5.99. The highest BCUT2D eigenvalue weighted by Gasteiger charge is 2.37. The monoisotopic (exact) mass is 428 g/mol. The van der Waals surface area contributed by atoms with Gasteiger partial charge in [0.1, 0.15) is 5.82 Å². The minimum absolute atomic E-state index is 0.198. The molecule has 0 fully saturated rings. The summed E-state index contributed by atoms with van der Waals surface area (Å²) in [5.41, 5.74) is 13.3. The van der Waals surface area contributed by atoms with Gasteiger partial charge in [-0.1, -0.05) is 38.0 Å². The van der Waals surface area contributed by atoms with E-state index in [-0.39, 0.29) is 17.5 Å². The zero-order valence-electron chi connectivity index (χ0n) is 14.0. The lowest BCUT2D eigenvalue weighted by molar-refractivity contribution is -0.0120. The Hall–Kier alpha value is -1.15. The summed E-state index contributed by atoms with van der Waals surface area (Å²) in [6, 6.07) is 0. The van der Waals surface area contributed by atoms with Gasteiger partial charge in [-0.2, -0.15) is 4.98 Å². The van der Waals surface area contributed by atoms with Crippen molar-refractivity contribution in [3.63, 3.8) is 0 Å². The fourth-order valence-corrected chi connectivity index (χ4v) is 3.73. The molecule has 0 saturated carbocycles. The first-order chi connectivity index (χ1) is 10.9. The van der Waals surface area contributed by atoms with Gasteiger partial charge in [-0.15, -0.1) is 0 Å². The predicted octanol–water partition coefficient (Wildman–Crippen LogP) is 3.57. The molecule has 1 aromatic heterocycles. The van der Waals surface area contributed by atoms with Crippen molar-refractivity contribution in [3.8, 4) is 0 Å². The third kappa shape index (κ3) is 4.03. The minimum Gasteiger partial charge on any atom is -0.383 e. The summed E-state index contributed by atoms with van der Waals surface area (Å²) in [6.07, 6.45) is 10.6. The van der Waals surface area contributed by atoms with Gasteiger partial charge in [0.05, 0.1) is 5.60 Å². The van der Waals surface area contributed by atoms with E-state index in [0.717, 1.165) is 36.9 Å². The number of unbranched alkanes of at least 4 members (excludes halogenated alkanes) is 1. The molecule has 0 aliphatic heterocycles. The van der Waals surface area contributed by atoms with E-state index in [1.807, 2.05) is 6.92 Å². The molecule has 0 saturated heterocycles. The maximum absolute atomic E-state index is 6.09. The van der Waals surface area contributed by atoms with Gasteiger partial charge in [0.25, 0.3) is 0 Å². The van der Waals surface area contributed by atoms with Crippen molar-refractivity contribution in [1.29, 1.82) is 0 Å². The number of aromatic nitrogens is 2. The van der Waals surface area contributed by atoms with Crippen LogP contribution in [-0.2, 0) is 11.2 Å². The summed E-state index contributed by atoms with van der Waals surface area (Å²) in [5.74, 6) is 0.888. The molecule has 1 aromatic rings. The molecule has 1 aliphatic rings. The number of methoxy groups -OCH3 is 1. The third-order valence-corrected chi connectivity index (χ3v) is 5.22. The highest BCUT2D eigenvalue weighted by atomic mass is 127. The fourth-order valence-electron chi connectivity index (χ4n) is 3.12. The van der Waals surface area contributed by atoms with E-state index >= 15 is 0 Å². The molecule has 1 aliphatic carbocycles. The molecule has 4 N–H and O–H groups in total. The maximum atomic E-state index is 6.09. The number of anilines is 2. The van der Waals surface area contributed by atoms with Crippen LogP contribution < -0.4 is 11.5 Å². The van der Waals surface area contributed by atoms with E-state index in [0.29, 0.717) is 5.82 Å². The summed E-state index contributed by atoms with van der Waals surface area (Å²) in [6.45, 7) is 4.12. The Labute approximate surface area is 151 Å². The van der Waals surface area contributed by atoms with Crippen molar-refractivity contribution in [1.82, 2.24) is 9.97 Å². The largest absolute Gasteiger partial charge is 0.383 e. The zero-order chi connectivity index (χ0) is 17.0. The molecule has 2 atom stereocenters. The average Bonchev–Trinajstić information content (AvgIpc) is 2.50. The molecule has 6 heteroatoms. The van der Waals surface area contributed by atoms with Crippen LogP contribution in [0.4, 0.5) is 11.8 Å². The molecule has 2 unspecified atom stereocenters. The van der Waals surface area contributed by atoms with E-state index < -0.39 is 0 Å². The molecule has 0 bridgehead atoms. The minimum atomic E-state index is -0.301. The van der Waals surface area contributed by atoms with Gasteiger partial charge in [-0.3, -0.25) is 0 Å². The second-order valence-corrected chi connectivity index (χ2v) is 7.23. The molecule has 0 spiro atoms. The van der Waals surface area contributed by atoms with Crippen LogP contribution in [0.2, 0.25) is 0 Å². The van der Waals surface area contributed by atoms with Crippen LogP contribution in [0.25, 0.3) is 0 Å². The summed E-state index contributed by atoms with van der Waals surface area (Å²) in [4.78, 5) is 8.38. The molecule has 0 radical (unpaired) electrons. The lowest BCUT2D eigenvalue weighted by Gasteiger charge is -2.38. The number of ether oxygens (including phenoxy) is 1. The molecule has 1 heterocycles. The molecule has 0 aromatic carbocycles. The number of rotatable bonds is 6. The lowest BCUT2D eigenvalue weighted by Crippen LogP contribution is -2.40. The molecular formula is C17H25IN4O. The van der Waals surface area contributed by atoms with E-state index in [2.05, 4.69) is 57.7 Å². The summed E-state index contributed by atoms with van der Waals surface area (Å²) in [5, 5.41) is 0. The van der Waals surface area contributed by atoms with E-state index in [9.17, 15) is 0 Å². The fraction of sp³-hybridized carbons (Fsp3) is 0.529. The SMILES string of the molecule is CCCCC1(OC)C=CC(I)=CC1Cc1c(C)nc(N)nc1N. The van der Waals surface area contributed by atoms with Crippen molar-refractivity contribution in [2.45, 2.75) is 45.1 Å². The van der Waals surface area contributed by atoms with Crippen molar-refractivity contribution < 1.29 is 4.74 Å². The van der Waals surface area contributed by atoms with E-state index in [4.69, 9.17) is 16.2 Å². The van der Waals surface area contributed by atoms with Crippen molar-refractivity contribution in [2.24, 2.45) is 5.92 Å². The number of hydrogen-bond acceptors (Lipinski definition) is 5. The summed E-state index contributed by atoms with van der Waals surface area (Å²) in [7, 11) is 1.79. The normalized spacial score (nSPS) is 23.8. The first-order valence-corrected chi connectivity index (χ1v) is 9.00. The highest BCUT2D eigenvalue weighted by Crippen LogP contribution is 2.39. The second kappa shape index (κ2) is 7.61. The van der Waals surface area contributed by atoms with Crippen LogP contribution in [0.1, 0.15) is 37.4 Å². The number of halogens is 1. The van der Waals surface area contributed by atoms with Gasteiger partial charge < -0.3 is 16.2 Å². The van der Waals surface area contributed by atoms with Gasteiger partial charge in [-0.25, -0.2) is 4.98 Å². The van der Waals surface area contributed by atoms with E-state index in [1.54, 1.807) is 7.11 Å². The third-order valence-electron chi connectivity index (χ3n) is 4.50. The van der Waals surface area contributed by atoms with Crippen molar-refractivity contribution in [2.75, 3.05) is 18.6 Å². The van der Waals surface area contributed by atoms with E-state index in [1.165, 1.54) is 3.58 Å². The van der Waals surface area contributed by atoms with Crippen molar-refractivity contribution in [3.05, 3.63) is 33.1 Å². The molecule has 2 rings (SSSR count). The van der Waals surface area contributed by atoms with Crippen LogP contribution in [0.5, 0.6) is 0 Å². The maximum Gasteiger partial charge on any atom is 0.222 e. The molecule has 126 valence electrons. The van der Waals surface area contributed by atoms with Gasteiger partial charge in [0.15, 0.2) is 0 Å². The van der Waals surface area contributed by atoms with Crippen LogP contribution in [0, 0.1) is 12.8 Å². The van der Waals surface area contributed by atoms with Gasteiger partial charge in [0.2, 0.25) is 5.95 Å². The van der Waals surface area contributed by atoms with Crippen LogP contribution >= 0.6 is 22.6 Å². The quantitative estimate of drug-likeness (QED) is 0.677. The first kappa shape index (κ1) is 18.2. The number of aryl methyl sites for hydroxylation is 1. The topological polar surface area (TPSA) is 87.0 Å². The zero-order valence-corrected chi connectivity index (χ0v) is 16.1. The highest BCUT2D eigenvalue weighted by molar-refractivity contribution is 14.1. The molecule has 23 heavy (non-hydrogen) atoms. The van der Waals surface area contributed by atoms with Crippen LogP contribution in [0.15, 0.2) is 21.8 Å². The van der Waals surface area contributed by atoms with Crippen LogP contribution in [0.3, 0.4) is 0 Å². The standard InChI is InChI=1S/C17H25IN4O/c1-4-5-7-17(23-3)8-6-13(18)9-12(17)10-14-11(2)21-16(20)22-15(14)19/h6,8-9,12H,4-5,7,10H2,1-3H3,(H4,19,20,21,22). The number of allylic oxidation sites excluding steroid dienone is 2. The Bertz CT molecular complexity index is 606. The Morgan fingerprint density at radius 3 is 2.70 bits per heavy atom. The Kier molecular flexibility index (Phi) is 6.02. The number of nitrogens with two attached hydrogens (primary N) is 2. The number of nitrogens with zero attached hydrogens (tertiary/aromatic N) is 2. The number of nitrogen functional groups attached to an aromatic ring is 2. The lowest BCUT2D eigenvalue weighted by atomic mass is 9.76. The average molecular weight is 428 g/mol. The summed E-state index contributed by atoms with van der Waals surface area (Å²) < 4.78 is 7.19. The molecule has 5 nitrogen and oxygen atoms in total. The Balaban J connectivity index is 2.36. The predicted molar refractivity (Wildman–Crippen MR) is 103 cm³/mol. The summed E-state index contributed by atoms with van der Waals surface area (Å²) >= 11 is 2.34. The molecular weight excluding hydrogens is 403 g/mol. The van der Waals surface area contributed by atoms with Gasteiger partial charge in [0, 0.05) is 27.9 Å². The Morgan fingerprint density at radius 1 is 1.35 bits per heavy atom. The van der Waals surface area contributed by atoms with Crippen molar-refractivity contribution >= 4 is 34.4 Å². The smallest absolute Gasteiger partial charge is 0.222 e. The Morgan fingerprint density at radius 2 is 2.09 bits per heavy atom. The molecule has 0 amide bonds.